The molecule has 0 saturated carbocycles. The van der Waals surface area contributed by atoms with Gasteiger partial charge in [0.2, 0.25) is 0 Å². The van der Waals surface area contributed by atoms with Crippen LogP contribution in [-0.4, -0.2) is 50.1 Å². The van der Waals surface area contributed by atoms with E-state index in [1.54, 1.807) is 18.6 Å². The van der Waals surface area contributed by atoms with Gasteiger partial charge in [-0.1, -0.05) is 18.2 Å². The van der Waals surface area contributed by atoms with Crippen LogP contribution < -0.4 is 5.32 Å². The van der Waals surface area contributed by atoms with Gasteiger partial charge in [0.1, 0.15) is 11.8 Å². The summed E-state index contributed by atoms with van der Waals surface area (Å²) in [4.78, 5) is 33.8. The largest absolute Gasteiger partial charge is 0.456 e. The number of hydrogen-bond acceptors (Lipinski definition) is 7. The fraction of sp³-hybridized carbons (Fsp3) is 0.179. The molecule has 2 N–H and O–H groups in total. The lowest BCUT2D eigenvalue weighted by molar-refractivity contribution is 0.0337. The van der Waals surface area contributed by atoms with E-state index >= 15 is 0 Å². The molecule has 1 aliphatic heterocycles. The highest BCUT2D eigenvalue weighted by molar-refractivity contribution is 5.90. The number of imidazole rings is 1. The predicted molar refractivity (Wildman–Crippen MR) is 137 cm³/mol. The lowest BCUT2D eigenvalue weighted by Gasteiger charge is -2.10. The number of hydrogen-bond donors (Lipinski definition) is 2. The van der Waals surface area contributed by atoms with E-state index in [-0.39, 0.29) is 6.10 Å². The maximum absolute atomic E-state index is 12.4. The Labute approximate surface area is 207 Å². The Balaban J connectivity index is 1.29. The SMILES string of the molecule is Cc1cccc(-c2[nH]cnc2-c2ccc3ncc(-c4ccc(C(=O)O[C@H]5CCNC5)nc4)cc3c2)n1. The van der Waals surface area contributed by atoms with E-state index in [1.165, 1.54) is 0 Å². The van der Waals surface area contributed by atoms with Gasteiger partial charge in [0.05, 0.1) is 28.9 Å². The molecule has 1 aliphatic rings. The molecule has 36 heavy (non-hydrogen) atoms. The number of pyridine rings is 3. The summed E-state index contributed by atoms with van der Waals surface area (Å²) in [7, 11) is 0. The molecule has 0 bridgehead atoms. The molecule has 4 aromatic heterocycles. The first kappa shape index (κ1) is 22.1. The molecule has 0 radical (unpaired) electrons. The highest BCUT2D eigenvalue weighted by Crippen LogP contribution is 2.31. The molecule has 1 aromatic carbocycles. The highest BCUT2D eigenvalue weighted by atomic mass is 16.5. The first-order chi connectivity index (χ1) is 17.6. The van der Waals surface area contributed by atoms with Gasteiger partial charge in [-0.25, -0.2) is 14.8 Å². The van der Waals surface area contributed by atoms with Crippen molar-refractivity contribution >= 4 is 16.9 Å². The fourth-order valence-electron chi connectivity index (χ4n) is 4.45. The topological polar surface area (TPSA) is 106 Å². The third kappa shape index (κ3) is 4.34. The number of carbonyl (C=O) groups is 1. The van der Waals surface area contributed by atoms with E-state index in [0.29, 0.717) is 12.2 Å². The molecular weight excluding hydrogens is 452 g/mol. The zero-order chi connectivity index (χ0) is 24.5. The number of esters is 1. The van der Waals surface area contributed by atoms with Crippen LogP contribution in [0.3, 0.4) is 0 Å². The lowest BCUT2D eigenvalue weighted by atomic mass is 10.0. The fourth-order valence-corrected chi connectivity index (χ4v) is 4.45. The second kappa shape index (κ2) is 9.31. The van der Waals surface area contributed by atoms with Gasteiger partial charge in [-0.3, -0.25) is 9.97 Å². The van der Waals surface area contributed by atoms with Gasteiger partial charge in [0.25, 0.3) is 0 Å². The number of ether oxygens (including phenoxy) is 1. The minimum absolute atomic E-state index is 0.0883. The maximum atomic E-state index is 12.4. The first-order valence-corrected chi connectivity index (χ1v) is 11.9. The van der Waals surface area contributed by atoms with Crippen LogP contribution in [0.4, 0.5) is 0 Å². The number of carbonyl (C=O) groups excluding carboxylic acids is 1. The van der Waals surface area contributed by atoms with Crippen molar-refractivity contribution in [2.24, 2.45) is 0 Å². The standard InChI is InChI=1S/C28H24N6O2/c1-17-3-2-4-24(34-17)27-26(32-16-33-27)18-5-7-23-20(11-18)12-21(14-30-23)19-6-8-25(31-13-19)28(35)36-22-9-10-29-15-22/h2-8,11-14,16,22,29H,9-10,15H2,1H3,(H,32,33)/t22-/m0/s1. The van der Waals surface area contributed by atoms with Crippen molar-refractivity contribution in [2.75, 3.05) is 13.1 Å². The summed E-state index contributed by atoms with van der Waals surface area (Å²) >= 11 is 0. The van der Waals surface area contributed by atoms with Crippen molar-refractivity contribution < 1.29 is 9.53 Å². The lowest BCUT2D eigenvalue weighted by Crippen LogP contribution is -2.21. The average molecular weight is 477 g/mol. The van der Waals surface area contributed by atoms with Gasteiger partial charge in [-0.15, -0.1) is 0 Å². The number of aromatic amines is 1. The van der Waals surface area contributed by atoms with Crippen LogP contribution in [0.25, 0.3) is 44.7 Å². The minimum atomic E-state index is -0.394. The maximum Gasteiger partial charge on any atom is 0.357 e. The van der Waals surface area contributed by atoms with Crippen LogP contribution in [0, 0.1) is 6.92 Å². The Kier molecular flexibility index (Phi) is 5.71. The van der Waals surface area contributed by atoms with Crippen molar-refractivity contribution in [3.63, 3.8) is 0 Å². The number of aryl methyl sites for hydroxylation is 1. The van der Waals surface area contributed by atoms with Crippen LogP contribution in [0.5, 0.6) is 0 Å². The summed E-state index contributed by atoms with van der Waals surface area (Å²) in [5.74, 6) is -0.394. The predicted octanol–water partition coefficient (Wildman–Crippen LogP) is 4.58. The molecule has 0 spiro atoms. The quantitative estimate of drug-likeness (QED) is 0.358. The van der Waals surface area contributed by atoms with Crippen LogP contribution >= 0.6 is 0 Å². The van der Waals surface area contributed by atoms with Crippen LogP contribution in [-0.2, 0) is 4.74 Å². The van der Waals surface area contributed by atoms with Crippen LogP contribution in [0.1, 0.15) is 22.6 Å². The van der Waals surface area contributed by atoms with Crippen molar-refractivity contribution in [2.45, 2.75) is 19.4 Å². The van der Waals surface area contributed by atoms with Crippen molar-refractivity contribution in [3.8, 4) is 33.8 Å². The second-order valence-corrected chi connectivity index (χ2v) is 8.87. The molecule has 0 unspecified atom stereocenters. The van der Waals surface area contributed by atoms with E-state index in [4.69, 9.17) is 4.74 Å². The van der Waals surface area contributed by atoms with Crippen molar-refractivity contribution in [1.82, 2.24) is 30.2 Å². The Morgan fingerprint density at radius 2 is 1.83 bits per heavy atom. The van der Waals surface area contributed by atoms with E-state index in [1.807, 2.05) is 49.5 Å². The summed E-state index contributed by atoms with van der Waals surface area (Å²) in [6.07, 6.45) is 5.93. The molecule has 1 atom stereocenters. The molecule has 0 aliphatic carbocycles. The molecule has 178 valence electrons. The van der Waals surface area contributed by atoms with Gasteiger partial charge in [0.15, 0.2) is 0 Å². The minimum Gasteiger partial charge on any atom is -0.456 e. The van der Waals surface area contributed by atoms with E-state index in [9.17, 15) is 4.79 Å². The molecule has 5 heterocycles. The monoisotopic (exact) mass is 476 g/mol. The summed E-state index contributed by atoms with van der Waals surface area (Å²) < 4.78 is 5.51. The summed E-state index contributed by atoms with van der Waals surface area (Å²) in [6, 6.07) is 17.7. The van der Waals surface area contributed by atoms with Crippen molar-refractivity contribution in [3.05, 3.63) is 84.7 Å². The number of benzene rings is 1. The Bertz CT molecular complexity index is 1550. The van der Waals surface area contributed by atoms with Crippen LogP contribution in [0.15, 0.2) is 73.3 Å². The molecule has 1 fully saturated rings. The summed E-state index contributed by atoms with van der Waals surface area (Å²) in [5.41, 5.74) is 7.45. The van der Waals surface area contributed by atoms with Crippen LogP contribution in [0.2, 0.25) is 0 Å². The number of H-pyrrole nitrogens is 1. The molecule has 1 saturated heterocycles. The van der Waals surface area contributed by atoms with E-state index in [2.05, 4.69) is 42.4 Å². The summed E-state index contributed by atoms with van der Waals surface area (Å²) in [5, 5.41) is 4.17. The third-order valence-electron chi connectivity index (χ3n) is 6.33. The Morgan fingerprint density at radius 3 is 2.64 bits per heavy atom. The number of nitrogens with one attached hydrogen (secondary N) is 2. The molecule has 0 amide bonds. The van der Waals surface area contributed by atoms with E-state index < -0.39 is 5.97 Å². The third-order valence-corrected chi connectivity index (χ3v) is 6.33. The van der Waals surface area contributed by atoms with Gasteiger partial charge in [-0.2, -0.15) is 0 Å². The highest BCUT2D eigenvalue weighted by Gasteiger charge is 2.20. The Hall–Kier alpha value is -4.43. The normalized spacial score (nSPS) is 15.3. The average Bonchev–Trinajstić information content (AvgIpc) is 3.61. The summed E-state index contributed by atoms with van der Waals surface area (Å²) in [6.45, 7) is 3.53. The van der Waals surface area contributed by atoms with Gasteiger partial charge >= 0.3 is 5.97 Å². The first-order valence-electron chi connectivity index (χ1n) is 11.9. The molecule has 8 nitrogen and oxygen atoms in total. The van der Waals surface area contributed by atoms with E-state index in [0.717, 1.165) is 63.3 Å². The molecule has 5 aromatic rings. The number of fused-ring (bicyclic) bond motifs is 1. The number of rotatable bonds is 5. The smallest absolute Gasteiger partial charge is 0.357 e. The van der Waals surface area contributed by atoms with Crippen molar-refractivity contribution in [1.29, 1.82) is 0 Å². The number of nitrogens with zero attached hydrogens (tertiary/aromatic N) is 4. The Morgan fingerprint density at radius 1 is 0.972 bits per heavy atom. The second-order valence-electron chi connectivity index (χ2n) is 8.87. The molecule has 8 heteroatoms. The zero-order valence-corrected chi connectivity index (χ0v) is 19.7. The van der Waals surface area contributed by atoms with Gasteiger partial charge < -0.3 is 15.0 Å². The molecule has 6 rings (SSSR count). The molecular formula is C28H24N6O2. The zero-order valence-electron chi connectivity index (χ0n) is 19.7. The van der Waals surface area contributed by atoms with Gasteiger partial charge in [-0.05, 0) is 56.3 Å². The number of aromatic nitrogens is 5. The van der Waals surface area contributed by atoms with Gasteiger partial charge in [0, 0.05) is 46.7 Å².